The second kappa shape index (κ2) is 32.0. The molecule has 1 unspecified atom stereocenters. The molecule has 5 aromatic rings. The monoisotopic (exact) mass is 784 g/mol. The van der Waals surface area contributed by atoms with Gasteiger partial charge in [-0.1, -0.05) is 91.5 Å². The van der Waals surface area contributed by atoms with Gasteiger partial charge in [-0.3, -0.25) is 0 Å². The van der Waals surface area contributed by atoms with Gasteiger partial charge in [-0.05, 0) is 111 Å². The summed E-state index contributed by atoms with van der Waals surface area (Å²) in [6.07, 6.45) is 10.9. The van der Waals surface area contributed by atoms with Crippen LogP contribution >= 0.6 is 0 Å². The Morgan fingerprint density at radius 1 is 0.643 bits per heavy atom. The molecular weight excluding hydrogens is 695 g/mol. The molecule has 0 fully saturated rings. The van der Waals surface area contributed by atoms with Gasteiger partial charge in [-0.2, -0.15) is 5.21 Å². The average molecular weight is 784 g/mol. The van der Waals surface area contributed by atoms with E-state index in [1.165, 1.54) is 30.5 Å². The summed E-state index contributed by atoms with van der Waals surface area (Å²) in [5, 5.41) is 21.5. The third kappa shape index (κ3) is 25.1. The zero-order valence-electron chi connectivity index (χ0n) is 37.0. The molecule has 5 aromatic heterocycles. The first-order valence-electron chi connectivity index (χ1n) is 19.9. The van der Waals surface area contributed by atoms with Crippen LogP contribution in [0.1, 0.15) is 172 Å². The molecule has 0 aliphatic heterocycles. The number of aromatic amines is 2. The minimum Gasteiger partial charge on any atom is -0.379 e. The van der Waals surface area contributed by atoms with E-state index in [4.69, 9.17) is 0 Å². The number of nitrogens with one attached hydrogen (secondary N) is 5. The van der Waals surface area contributed by atoms with Crippen molar-refractivity contribution in [2.45, 2.75) is 196 Å². The van der Waals surface area contributed by atoms with E-state index < -0.39 is 0 Å². The zero-order valence-corrected chi connectivity index (χ0v) is 37.0. The van der Waals surface area contributed by atoms with Gasteiger partial charge >= 0.3 is 0 Å². The number of rotatable bonds is 3. The fraction of sp³-hybridized carbons (Fsp3) is 0.644. The van der Waals surface area contributed by atoms with Crippen molar-refractivity contribution in [1.29, 1.82) is 0 Å². The van der Waals surface area contributed by atoms with E-state index in [1.54, 1.807) is 12.4 Å². The van der Waals surface area contributed by atoms with Crippen LogP contribution in [0.25, 0.3) is 22.3 Å². The van der Waals surface area contributed by atoms with E-state index >= 15 is 0 Å². The van der Waals surface area contributed by atoms with Crippen molar-refractivity contribution in [2.75, 3.05) is 10.6 Å². The summed E-state index contributed by atoms with van der Waals surface area (Å²) in [6.45, 7) is 39.3. The van der Waals surface area contributed by atoms with Crippen LogP contribution in [0.3, 0.4) is 0 Å². The van der Waals surface area contributed by atoms with Crippen molar-refractivity contribution in [3.63, 3.8) is 0 Å². The minimum absolute atomic E-state index is 0. The van der Waals surface area contributed by atoms with Crippen molar-refractivity contribution in [2.24, 2.45) is 0 Å². The van der Waals surface area contributed by atoms with Crippen molar-refractivity contribution in [1.82, 2.24) is 45.6 Å². The number of nitrogens with zero attached hydrogens (tertiary/aromatic N) is 6. The smallest absolute Gasteiger partial charge is 0.222 e. The van der Waals surface area contributed by atoms with Crippen LogP contribution in [-0.2, 0) is 12.8 Å². The molecule has 5 N–H and O–H groups in total. The summed E-state index contributed by atoms with van der Waals surface area (Å²) in [7, 11) is 0. The van der Waals surface area contributed by atoms with Gasteiger partial charge in [0, 0.05) is 46.1 Å². The normalized spacial score (nSPS) is 12.2. The van der Waals surface area contributed by atoms with Crippen molar-refractivity contribution >= 4 is 33.8 Å². The van der Waals surface area contributed by atoms with E-state index in [1.807, 2.05) is 87.6 Å². The highest BCUT2D eigenvalue weighted by molar-refractivity contribution is 5.78. The second-order valence-corrected chi connectivity index (χ2v) is 14.1. The number of anilines is 2. The highest BCUT2D eigenvalue weighted by atomic mass is 15.4. The van der Waals surface area contributed by atoms with Crippen LogP contribution < -0.4 is 16.0 Å². The van der Waals surface area contributed by atoms with Gasteiger partial charge in [0.15, 0.2) is 5.65 Å². The maximum atomic E-state index is 4.29. The largest absolute Gasteiger partial charge is 0.379 e. The van der Waals surface area contributed by atoms with Gasteiger partial charge < -0.3 is 20.9 Å². The van der Waals surface area contributed by atoms with Crippen LogP contribution in [0.4, 0.5) is 11.5 Å². The van der Waals surface area contributed by atoms with Gasteiger partial charge in [-0.25, -0.2) is 19.9 Å². The summed E-state index contributed by atoms with van der Waals surface area (Å²) in [4.78, 5) is 20.1. The highest BCUT2D eigenvalue weighted by Crippen LogP contribution is 2.21. The first-order valence-corrected chi connectivity index (χ1v) is 19.9. The van der Waals surface area contributed by atoms with Crippen LogP contribution in [0.2, 0.25) is 0 Å². The Labute approximate surface area is 345 Å². The van der Waals surface area contributed by atoms with Crippen LogP contribution in [0.5, 0.6) is 0 Å². The highest BCUT2D eigenvalue weighted by Gasteiger charge is 2.22. The lowest BCUT2D eigenvalue weighted by molar-refractivity contribution is 0.335. The summed E-state index contributed by atoms with van der Waals surface area (Å²) >= 11 is 0. The zero-order chi connectivity index (χ0) is 41.3. The number of H-pyrrole nitrogens is 2. The van der Waals surface area contributed by atoms with Crippen LogP contribution in [0.15, 0.2) is 49.1 Å². The Balaban J connectivity index is -0.000000204. The molecule has 1 atom stereocenters. The Morgan fingerprint density at radius 3 is 1.75 bits per heavy atom. The van der Waals surface area contributed by atoms with Crippen molar-refractivity contribution in [3.05, 3.63) is 60.3 Å². The van der Waals surface area contributed by atoms with E-state index in [9.17, 15) is 0 Å². The molecule has 0 aromatic carbocycles. The van der Waals surface area contributed by atoms with Gasteiger partial charge in [-0.15, -0.1) is 10.2 Å². The average Bonchev–Trinajstić information content (AvgIpc) is 3.80. The van der Waals surface area contributed by atoms with Gasteiger partial charge in [0.1, 0.15) is 5.82 Å². The predicted molar refractivity (Wildman–Crippen MR) is 252 cm³/mol. The molecule has 0 saturated heterocycles. The minimum atomic E-state index is -0.0356. The van der Waals surface area contributed by atoms with E-state index in [0.717, 1.165) is 16.7 Å². The third-order valence-electron chi connectivity index (χ3n) is 6.30. The number of pyridine rings is 2. The molecule has 1 aliphatic carbocycles. The molecule has 56 heavy (non-hydrogen) atoms. The summed E-state index contributed by atoms with van der Waals surface area (Å²) < 4.78 is 0. The maximum absolute atomic E-state index is 4.29. The Hall–Kier alpha value is -4.12. The number of fused-ring (bicyclic) bond motifs is 3. The van der Waals surface area contributed by atoms with Crippen LogP contribution in [0, 0.1) is 0 Å². The standard InChI is InChI=1S/C12H15N3.C12H20N2.C8H12N6.5C2H6.3CH4/c1-12(2,3)15-10-7-9-5-4-6-13-11(9)14-8-10;1-12(2,3)14-10-4-5-11-9(8-10)6-7-13-11;1-8(2,3)11-5-4-9-6-7(10-5)13-14-12-6;5*1-2;;;/h4-8,15H,1-3H3;6-7,10,13-14H,4-5,8H2,1-3H3;4H,1-3H3,(H2,9,10,11,12,13,14);5*1-2H3;3*1H4. The van der Waals surface area contributed by atoms with Gasteiger partial charge in [0.2, 0.25) is 11.3 Å². The summed E-state index contributed by atoms with van der Waals surface area (Å²) in [6, 6.07) is 8.87. The lowest BCUT2D eigenvalue weighted by atomic mass is 9.91. The van der Waals surface area contributed by atoms with E-state index in [0.29, 0.717) is 23.2 Å². The van der Waals surface area contributed by atoms with Crippen LogP contribution in [-0.4, -0.2) is 63.0 Å². The molecule has 0 saturated carbocycles. The Bertz CT molecular complexity index is 1600. The van der Waals surface area contributed by atoms with Gasteiger partial charge in [0.05, 0.1) is 18.1 Å². The first kappa shape index (κ1) is 61.1. The quantitative estimate of drug-likeness (QED) is 0.121. The summed E-state index contributed by atoms with van der Waals surface area (Å²) in [5.41, 5.74) is 6.07. The number of hydrogen-bond donors (Lipinski definition) is 5. The molecule has 1 aliphatic rings. The predicted octanol–water partition coefficient (Wildman–Crippen LogP) is 13.1. The first-order chi connectivity index (χ1) is 25.1. The third-order valence-corrected chi connectivity index (χ3v) is 6.30. The fourth-order valence-electron chi connectivity index (χ4n) is 4.84. The molecule has 324 valence electrons. The SMILES string of the molecule is C.C.C.CC.CC.CC.CC.CC.CC(C)(C)NC1CCc2[nH]ccc2C1.CC(C)(C)Nc1cnc2n[nH]nc2n1.CC(C)(C)Nc1cnc2ncccc2c1. The van der Waals surface area contributed by atoms with Gasteiger partial charge in [0.25, 0.3) is 0 Å². The molecular formula is C45H89N11. The van der Waals surface area contributed by atoms with Crippen molar-refractivity contribution < 1.29 is 0 Å². The molecule has 0 spiro atoms. The lowest BCUT2D eigenvalue weighted by Crippen LogP contribution is -2.46. The Kier molecular flexibility index (Phi) is 34.9. The summed E-state index contributed by atoms with van der Waals surface area (Å²) in [5.74, 6) is 0.707. The molecule has 0 amide bonds. The molecule has 5 heterocycles. The lowest BCUT2D eigenvalue weighted by Gasteiger charge is -2.31. The maximum Gasteiger partial charge on any atom is 0.222 e. The second-order valence-electron chi connectivity index (χ2n) is 14.1. The molecule has 11 nitrogen and oxygen atoms in total. The topological polar surface area (TPSA) is 145 Å². The Morgan fingerprint density at radius 2 is 1.20 bits per heavy atom. The van der Waals surface area contributed by atoms with Crippen molar-refractivity contribution in [3.8, 4) is 0 Å². The number of aromatic nitrogens is 8. The molecule has 11 heteroatoms. The van der Waals surface area contributed by atoms with E-state index in [-0.39, 0.29) is 38.9 Å². The molecule has 0 radical (unpaired) electrons. The molecule has 6 rings (SSSR count). The fourth-order valence-corrected chi connectivity index (χ4v) is 4.84. The number of aryl methyl sites for hydroxylation is 1. The number of hydrogen-bond acceptors (Lipinski definition) is 9. The molecule has 0 bridgehead atoms. The van der Waals surface area contributed by atoms with E-state index in [2.05, 4.69) is 137 Å².